The third kappa shape index (κ3) is 5.77. The first-order chi connectivity index (χ1) is 8.61. The Labute approximate surface area is 112 Å². The Bertz CT molecular complexity index is 317. The quantitative estimate of drug-likeness (QED) is 0.495. The van der Waals surface area contributed by atoms with Crippen LogP contribution < -0.4 is 5.32 Å². The Morgan fingerprint density at radius 3 is 2.39 bits per heavy atom. The zero-order valence-corrected chi connectivity index (χ0v) is 12.5. The minimum Gasteiger partial charge on any atom is -0.413 e. The summed E-state index contributed by atoms with van der Waals surface area (Å²) in [6.07, 6.45) is 1.83. The van der Waals surface area contributed by atoms with Crippen molar-refractivity contribution in [2.24, 2.45) is 5.92 Å². The third-order valence-electron chi connectivity index (χ3n) is 3.01. The van der Waals surface area contributed by atoms with Crippen LogP contribution in [0.15, 0.2) is 30.3 Å². The standard InChI is InChI=1S/C14H25NO2Si/c1-12(2)11-15-10-6-9-14(18(16)17)13-7-4-3-5-8-13/h3-5,7-8,12,14-18H,6,9-11H2,1-2H3. The molecule has 3 N–H and O–H groups in total. The van der Waals surface area contributed by atoms with Crippen LogP contribution in [0.4, 0.5) is 0 Å². The lowest BCUT2D eigenvalue weighted by molar-refractivity contribution is 0.379. The van der Waals surface area contributed by atoms with E-state index in [0.29, 0.717) is 5.92 Å². The summed E-state index contributed by atoms with van der Waals surface area (Å²) in [7, 11) is -2.61. The molecule has 0 radical (unpaired) electrons. The van der Waals surface area contributed by atoms with Crippen molar-refractivity contribution in [3.8, 4) is 0 Å². The summed E-state index contributed by atoms with van der Waals surface area (Å²) >= 11 is 0. The summed E-state index contributed by atoms with van der Waals surface area (Å²) in [5, 5.41) is 3.38. The lowest BCUT2D eigenvalue weighted by atomic mass is 10.1. The van der Waals surface area contributed by atoms with E-state index in [1.807, 2.05) is 30.3 Å². The zero-order valence-electron chi connectivity index (χ0n) is 11.3. The highest BCUT2D eigenvalue weighted by Crippen LogP contribution is 2.21. The fraction of sp³-hybridized carbons (Fsp3) is 0.571. The molecule has 0 aliphatic heterocycles. The van der Waals surface area contributed by atoms with Gasteiger partial charge in [0.1, 0.15) is 0 Å². The van der Waals surface area contributed by atoms with Crippen LogP contribution in [0.25, 0.3) is 0 Å². The second kappa shape index (κ2) is 8.42. The molecule has 0 heterocycles. The molecular weight excluding hydrogens is 242 g/mol. The van der Waals surface area contributed by atoms with E-state index in [0.717, 1.165) is 31.5 Å². The fourth-order valence-electron chi connectivity index (χ4n) is 2.03. The average Bonchev–Trinajstić information content (AvgIpc) is 2.34. The van der Waals surface area contributed by atoms with Crippen molar-refractivity contribution in [2.45, 2.75) is 32.2 Å². The molecule has 0 aliphatic rings. The SMILES string of the molecule is CC(C)CNCCCC(c1ccccc1)[SiH](O)O. The summed E-state index contributed by atoms with van der Waals surface area (Å²) < 4.78 is 0. The highest BCUT2D eigenvalue weighted by molar-refractivity contribution is 6.43. The molecule has 18 heavy (non-hydrogen) atoms. The summed E-state index contributed by atoms with van der Waals surface area (Å²) in [6.45, 7) is 6.34. The van der Waals surface area contributed by atoms with Gasteiger partial charge in [0.15, 0.2) is 0 Å². The van der Waals surface area contributed by atoms with Gasteiger partial charge >= 0.3 is 9.28 Å². The van der Waals surface area contributed by atoms with E-state index in [1.165, 1.54) is 0 Å². The molecule has 0 saturated heterocycles. The second-order valence-corrected chi connectivity index (χ2v) is 6.80. The topological polar surface area (TPSA) is 52.5 Å². The predicted molar refractivity (Wildman–Crippen MR) is 77.7 cm³/mol. The van der Waals surface area contributed by atoms with Gasteiger partial charge in [-0.2, -0.15) is 0 Å². The molecule has 0 aliphatic carbocycles. The van der Waals surface area contributed by atoms with E-state index in [4.69, 9.17) is 0 Å². The van der Waals surface area contributed by atoms with Gasteiger partial charge in [-0.1, -0.05) is 44.2 Å². The molecule has 1 rings (SSSR count). The van der Waals surface area contributed by atoms with Crippen molar-refractivity contribution >= 4 is 9.28 Å². The van der Waals surface area contributed by atoms with Crippen molar-refractivity contribution < 1.29 is 9.59 Å². The van der Waals surface area contributed by atoms with Gasteiger partial charge in [0.25, 0.3) is 0 Å². The van der Waals surface area contributed by atoms with Gasteiger partial charge in [-0.25, -0.2) is 0 Å². The van der Waals surface area contributed by atoms with Crippen LogP contribution in [-0.4, -0.2) is 32.0 Å². The van der Waals surface area contributed by atoms with Gasteiger partial charge in [-0.15, -0.1) is 0 Å². The van der Waals surface area contributed by atoms with Crippen molar-refractivity contribution in [1.82, 2.24) is 5.32 Å². The van der Waals surface area contributed by atoms with Crippen molar-refractivity contribution in [2.75, 3.05) is 13.1 Å². The van der Waals surface area contributed by atoms with Gasteiger partial charge in [0.2, 0.25) is 0 Å². The van der Waals surface area contributed by atoms with Crippen LogP contribution in [0.3, 0.4) is 0 Å². The Hall–Kier alpha value is -0.683. The number of nitrogens with one attached hydrogen (secondary N) is 1. The molecule has 1 aromatic carbocycles. The van der Waals surface area contributed by atoms with Crippen molar-refractivity contribution in [3.63, 3.8) is 0 Å². The average molecular weight is 267 g/mol. The van der Waals surface area contributed by atoms with Crippen molar-refractivity contribution in [3.05, 3.63) is 35.9 Å². The maximum absolute atomic E-state index is 9.58. The van der Waals surface area contributed by atoms with E-state index < -0.39 is 9.28 Å². The number of hydrogen-bond acceptors (Lipinski definition) is 3. The minimum atomic E-state index is -2.61. The van der Waals surface area contributed by atoms with Gasteiger partial charge in [-0.05, 0) is 37.4 Å². The van der Waals surface area contributed by atoms with Gasteiger partial charge in [0.05, 0.1) is 0 Å². The molecular formula is C14H25NO2Si. The maximum atomic E-state index is 9.58. The monoisotopic (exact) mass is 267 g/mol. The molecule has 0 amide bonds. The van der Waals surface area contributed by atoms with E-state index in [2.05, 4.69) is 19.2 Å². The molecule has 3 nitrogen and oxygen atoms in total. The molecule has 102 valence electrons. The smallest absolute Gasteiger partial charge is 0.323 e. The first-order valence-electron chi connectivity index (χ1n) is 6.73. The van der Waals surface area contributed by atoms with Gasteiger partial charge < -0.3 is 14.9 Å². The fourth-order valence-corrected chi connectivity index (χ4v) is 3.13. The van der Waals surface area contributed by atoms with E-state index in [1.54, 1.807) is 0 Å². The Balaban J connectivity index is 2.36. The van der Waals surface area contributed by atoms with Crippen LogP contribution in [0.5, 0.6) is 0 Å². The molecule has 0 bridgehead atoms. The molecule has 0 saturated carbocycles. The van der Waals surface area contributed by atoms with Crippen molar-refractivity contribution in [1.29, 1.82) is 0 Å². The summed E-state index contributed by atoms with van der Waals surface area (Å²) in [6, 6.07) is 9.83. The number of hydrogen-bond donors (Lipinski definition) is 3. The molecule has 0 aromatic heterocycles. The van der Waals surface area contributed by atoms with Crippen LogP contribution in [-0.2, 0) is 0 Å². The Kier molecular flexibility index (Phi) is 7.20. The van der Waals surface area contributed by atoms with Gasteiger partial charge in [0, 0.05) is 5.54 Å². The van der Waals surface area contributed by atoms with E-state index >= 15 is 0 Å². The predicted octanol–water partition coefficient (Wildman–Crippen LogP) is 1.54. The molecule has 1 aromatic rings. The Morgan fingerprint density at radius 2 is 1.83 bits per heavy atom. The summed E-state index contributed by atoms with van der Waals surface area (Å²) in [5.41, 5.74) is 1.01. The first kappa shape index (κ1) is 15.4. The Morgan fingerprint density at radius 1 is 1.17 bits per heavy atom. The molecule has 0 fully saturated rings. The summed E-state index contributed by atoms with van der Waals surface area (Å²) in [4.78, 5) is 19.2. The molecule has 4 heteroatoms. The summed E-state index contributed by atoms with van der Waals surface area (Å²) in [5.74, 6) is 0.660. The van der Waals surface area contributed by atoms with Crippen LogP contribution in [0, 0.1) is 5.92 Å². The van der Waals surface area contributed by atoms with Crippen LogP contribution >= 0.6 is 0 Å². The lowest BCUT2D eigenvalue weighted by Crippen LogP contribution is -2.26. The van der Waals surface area contributed by atoms with Crippen LogP contribution in [0.2, 0.25) is 0 Å². The minimum absolute atomic E-state index is 0.0490. The lowest BCUT2D eigenvalue weighted by Gasteiger charge is -2.17. The first-order valence-corrected chi connectivity index (χ1v) is 8.43. The van der Waals surface area contributed by atoms with Crippen LogP contribution in [0.1, 0.15) is 37.8 Å². The third-order valence-corrected chi connectivity index (χ3v) is 4.45. The molecule has 1 atom stereocenters. The van der Waals surface area contributed by atoms with E-state index in [9.17, 15) is 9.59 Å². The molecule has 1 unspecified atom stereocenters. The zero-order chi connectivity index (χ0) is 13.4. The normalized spacial score (nSPS) is 13.2. The second-order valence-electron chi connectivity index (χ2n) is 5.17. The maximum Gasteiger partial charge on any atom is 0.323 e. The largest absolute Gasteiger partial charge is 0.413 e. The number of rotatable bonds is 8. The number of benzene rings is 1. The highest BCUT2D eigenvalue weighted by Gasteiger charge is 2.20. The van der Waals surface area contributed by atoms with E-state index in [-0.39, 0.29) is 5.54 Å². The van der Waals surface area contributed by atoms with Gasteiger partial charge in [-0.3, -0.25) is 0 Å². The highest BCUT2D eigenvalue weighted by atomic mass is 28.3. The molecule has 0 spiro atoms.